The third-order valence-electron chi connectivity index (χ3n) is 12.7. The predicted octanol–water partition coefficient (Wildman–Crippen LogP) is 18.2. The van der Waals surface area contributed by atoms with Gasteiger partial charge in [0.15, 0.2) is 0 Å². The van der Waals surface area contributed by atoms with E-state index in [4.69, 9.17) is 0 Å². The molecule has 12 aromatic rings. The monoisotopic (exact) mass is 831 g/mol. The lowest BCUT2D eigenvalue weighted by atomic mass is 9.96. The summed E-state index contributed by atoms with van der Waals surface area (Å²) in [7, 11) is 0. The van der Waals surface area contributed by atoms with Gasteiger partial charge in [-0.2, -0.15) is 0 Å². The Hall–Kier alpha value is -8.04. The van der Waals surface area contributed by atoms with Crippen molar-refractivity contribution in [3.63, 3.8) is 0 Å². The van der Waals surface area contributed by atoms with Crippen molar-refractivity contribution in [3.05, 3.63) is 249 Å². The Kier molecular flexibility index (Phi) is 9.43. The van der Waals surface area contributed by atoms with Crippen LogP contribution in [0.3, 0.4) is 0 Å². The zero-order valence-corrected chi connectivity index (χ0v) is 35.8. The summed E-state index contributed by atoms with van der Waals surface area (Å²) < 4.78 is 2.64. The topological polar surface area (TPSA) is 3.24 Å². The fraction of sp³-hybridized carbons (Fsp3) is 0. The van der Waals surface area contributed by atoms with Crippen LogP contribution in [0.15, 0.2) is 249 Å². The molecule has 0 saturated heterocycles. The Bertz CT molecular complexity index is 3630. The quantitative estimate of drug-likeness (QED) is 0.138. The van der Waals surface area contributed by atoms with Gasteiger partial charge in [0, 0.05) is 36.9 Å². The molecule has 1 nitrogen and oxygen atoms in total. The van der Waals surface area contributed by atoms with Crippen LogP contribution in [0.5, 0.6) is 0 Å². The molecule has 11 aromatic carbocycles. The zero-order valence-electron chi connectivity index (χ0n) is 35.0. The molecule has 0 radical (unpaired) electrons. The first-order valence-corrected chi connectivity index (χ1v) is 22.7. The Morgan fingerprint density at radius 3 is 1.19 bits per heavy atom. The molecule has 2 heteroatoms. The zero-order chi connectivity index (χ0) is 42.4. The molecule has 0 N–H and O–H groups in total. The summed E-state index contributed by atoms with van der Waals surface area (Å²) in [5, 5.41) is 7.58. The van der Waals surface area contributed by atoms with Crippen molar-refractivity contribution in [1.29, 1.82) is 0 Å². The van der Waals surface area contributed by atoms with Gasteiger partial charge in [0.05, 0.1) is 5.69 Å². The highest BCUT2D eigenvalue weighted by Crippen LogP contribution is 2.44. The third kappa shape index (κ3) is 6.91. The summed E-state index contributed by atoms with van der Waals surface area (Å²) in [6.45, 7) is 0. The number of anilines is 3. The number of rotatable bonds is 8. The number of benzene rings is 11. The average molecular weight is 832 g/mol. The summed E-state index contributed by atoms with van der Waals surface area (Å²) in [4.78, 5) is 2.41. The van der Waals surface area contributed by atoms with E-state index in [0.29, 0.717) is 0 Å². The molecule has 0 fully saturated rings. The average Bonchev–Trinajstić information content (AvgIpc) is 3.75. The van der Waals surface area contributed by atoms with Crippen LogP contribution in [0.4, 0.5) is 17.1 Å². The van der Waals surface area contributed by atoms with Gasteiger partial charge >= 0.3 is 0 Å². The fourth-order valence-corrected chi connectivity index (χ4v) is 10.5. The highest BCUT2D eigenvalue weighted by atomic mass is 32.1. The van der Waals surface area contributed by atoms with E-state index in [0.717, 1.165) is 17.1 Å². The smallest absolute Gasteiger partial charge is 0.0546 e. The minimum atomic E-state index is 1.11. The summed E-state index contributed by atoms with van der Waals surface area (Å²) in [6.07, 6.45) is 0. The van der Waals surface area contributed by atoms with Crippen molar-refractivity contribution in [3.8, 4) is 55.6 Å². The Balaban J connectivity index is 0.860. The normalized spacial score (nSPS) is 11.4. The maximum atomic E-state index is 2.41. The van der Waals surface area contributed by atoms with Gasteiger partial charge in [-0.3, -0.25) is 0 Å². The van der Waals surface area contributed by atoms with Crippen LogP contribution in [-0.4, -0.2) is 0 Å². The van der Waals surface area contributed by atoms with Gasteiger partial charge in [0.2, 0.25) is 0 Å². The van der Waals surface area contributed by atoms with E-state index in [1.54, 1.807) is 0 Å². The summed E-state index contributed by atoms with van der Waals surface area (Å²) in [6, 6.07) is 90.9. The molecule has 1 heterocycles. The minimum absolute atomic E-state index is 1.11. The molecule has 0 amide bonds. The third-order valence-corrected chi connectivity index (χ3v) is 13.8. The highest BCUT2D eigenvalue weighted by Gasteiger charge is 2.18. The first-order valence-electron chi connectivity index (χ1n) is 21.9. The molecule has 0 spiro atoms. The predicted molar refractivity (Wildman–Crippen MR) is 276 cm³/mol. The van der Waals surface area contributed by atoms with Gasteiger partial charge in [-0.05, 0) is 132 Å². The molecule has 0 aliphatic heterocycles. The molecule has 0 unspecified atom stereocenters. The van der Waals surface area contributed by atoms with Crippen molar-refractivity contribution >= 4 is 70.1 Å². The van der Waals surface area contributed by atoms with E-state index < -0.39 is 0 Å². The Morgan fingerprint density at radius 1 is 0.234 bits per heavy atom. The van der Waals surface area contributed by atoms with E-state index in [1.807, 2.05) is 11.3 Å². The van der Waals surface area contributed by atoms with Gasteiger partial charge in [0.25, 0.3) is 0 Å². The molecule has 64 heavy (non-hydrogen) atoms. The lowest BCUT2D eigenvalue weighted by Crippen LogP contribution is -2.10. The van der Waals surface area contributed by atoms with E-state index in [9.17, 15) is 0 Å². The van der Waals surface area contributed by atoms with Gasteiger partial charge in [-0.25, -0.2) is 0 Å². The molecule has 0 bridgehead atoms. The van der Waals surface area contributed by atoms with Crippen LogP contribution in [0.1, 0.15) is 0 Å². The van der Waals surface area contributed by atoms with Crippen LogP contribution in [0, 0.1) is 0 Å². The van der Waals surface area contributed by atoms with E-state index in [-0.39, 0.29) is 0 Å². The molecule has 0 aliphatic rings. The second-order valence-corrected chi connectivity index (χ2v) is 17.6. The second kappa shape index (κ2) is 16.0. The van der Waals surface area contributed by atoms with Crippen molar-refractivity contribution in [2.45, 2.75) is 0 Å². The molecule has 0 aliphatic carbocycles. The van der Waals surface area contributed by atoms with Crippen LogP contribution in [0.2, 0.25) is 0 Å². The van der Waals surface area contributed by atoms with E-state index in [2.05, 4.69) is 254 Å². The molecular formula is C62H41NS. The first kappa shape index (κ1) is 37.7. The Labute approximate surface area is 377 Å². The van der Waals surface area contributed by atoms with Crippen LogP contribution in [-0.2, 0) is 0 Å². The maximum absolute atomic E-state index is 2.41. The molecule has 300 valence electrons. The van der Waals surface area contributed by atoms with Gasteiger partial charge < -0.3 is 4.90 Å². The van der Waals surface area contributed by atoms with Crippen molar-refractivity contribution in [2.24, 2.45) is 0 Å². The van der Waals surface area contributed by atoms with Gasteiger partial charge in [0.1, 0.15) is 0 Å². The first-order chi connectivity index (χ1) is 31.7. The molecule has 12 rings (SSSR count). The summed E-state index contributed by atoms with van der Waals surface area (Å²) in [5.41, 5.74) is 15.5. The standard InChI is InChI=1S/C62H41NS/c1-3-12-42(13-4-1)45-26-32-53(33-27-45)63(60-41-52-16-7-8-19-55(52)56-20-9-10-21-57(56)60)54-34-28-46(29-35-54)44-22-24-47(25-23-44)48-17-11-18-49(38-48)51-31-37-62-59(40-51)58-39-50(30-36-61(58)64-62)43-14-5-2-6-15-43/h1-41H. The maximum Gasteiger partial charge on any atom is 0.0546 e. The largest absolute Gasteiger partial charge is 0.310 e. The van der Waals surface area contributed by atoms with Crippen molar-refractivity contribution in [1.82, 2.24) is 0 Å². The SMILES string of the molecule is c1ccc(-c2ccc(N(c3ccc(-c4ccc(-c5cccc(-c6ccc7sc8ccc(-c9ccccc9)cc8c7c6)c5)cc4)cc3)c3cc4ccccc4c4ccccc34)cc2)cc1. The summed E-state index contributed by atoms with van der Waals surface area (Å²) >= 11 is 1.87. The van der Waals surface area contributed by atoms with E-state index >= 15 is 0 Å². The second-order valence-electron chi connectivity index (χ2n) is 16.5. The van der Waals surface area contributed by atoms with Gasteiger partial charge in [-0.15, -0.1) is 11.3 Å². The van der Waals surface area contributed by atoms with Crippen LogP contribution >= 0.6 is 11.3 Å². The fourth-order valence-electron chi connectivity index (χ4n) is 9.38. The molecule has 0 atom stereocenters. The van der Waals surface area contributed by atoms with Crippen LogP contribution in [0.25, 0.3) is 97.4 Å². The lowest BCUT2D eigenvalue weighted by molar-refractivity contribution is 1.30. The molecular weight excluding hydrogens is 791 g/mol. The van der Waals surface area contributed by atoms with Crippen LogP contribution < -0.4 is 4.90 Å². The number of hydrogen-bond acceptors (Lipinski definition) is 2. The number of thiophene rings is 1. The summed E-state index contributed by atoms with van der Waals surface area (Å²) in [5.74, 6) is 0. The van der Waals surface area contributed by atoms with Gasteiger partial charge in [-0.1, -0.05) is 188 Å². The molecule has 1 aromatic heterocycles. The minimum Gasteiger partial charge on any atom is -0.310 e. The number of fused-ring (bicyclic) bond motifs is 6. The number of hydrogen-bond donors (Lipinski definition) is 0. The lowest BCUT2D eigenvalue weighted by Gasteiger charge is -2.28. The van der Waals surface area contributed by atoms with Crippen molar-refractivity contribution < 1.29 is 0 Å². The highest BCUT2D eigenvalue weighted by molar-refractivity contribution is 7.25. The van der Waals surface area contributed by atoms with E-state index in [1.165, 1.54) is 97.4 Å². The van der Waals surface area contributed by atoms with Crippen molar-refractivity contribution in [2.75, 3.05) is 4.90 Å². The molecule has 0 saturated carbocycles. The Morgan fingerprint density at radius 2 is 0.609 bits per heavy atom. The number of nitrogens with zero attached hydrogens (tertiary/aromatic N) is 1.